The largest absolute Gasteiger partial charge is 0.395 e. The first-order chi connectivity index (χ1) is 9.60. The van der Waals surface area contributed by atoms with Crippen molar-refractivity contribution in [2.45, 2.75) is 25.3 Å². The molecular weight excluding hydrogens is 266 g/mol. The van der Waals surface area contributed by atoms with Crippen molar-refractivity contribution in [3.05, 3.63) is 29.8 Å². The summed E-state index contributed by atoms with van der Waals surface area (Å²) in [6.07, 6.45) is 2.91. The lowest BCUT2D eigenvalue weighted by Crippen LogP contribution is -2.45. The standard InChI is InChI=1S/C14H18F2N2O2/c15-12-5-4-10(7-13(12)16)17-14(20)8-18-6-2-1-3-11(18)9-19/h4-5,7,11,19H,1-3,6,8-9H2,(H,17,20)/t11-/m1/s1. The Hall–Kier alpha value is -1.53. The van der Waals surface area contributed by atoms with Gasteiger partial charge in [-0.2, -0.15) is 0 Å². The quantitative estimate of drug-likeness (QED) is 0.885. The van der Waals surface area contributed by atoms with Gasteiger partial charge >= 0.3 is 0 Å². The van der Waals surface area contributed by atoms with Crippen molar-refractivity contribution in [1.29, 1.82) is 0 Å². The van der Waals surface area contributed by atoms with E-state index in [-0.39, 0.29) is 30.8 Å². The molecule has 6 heteroatoms. The number of benzene rings is 1. The average Bonchev–Trinajstić information content (AvgIpc) is 2.43. The van der Waals surface area contributed by atoms with Gasteiger partial charge in [-0.1, -0.05) is 6.42 Å². The molecule has 0 radical (unpaired) electrons. The van der Waals surface area contributed by atoms with Crippen LogP contribution >= 0.6 is 0 Å². The number of anilines is 1. The van der Waals surface area contributed by atoms with Crippen LogP contribution in [0.4, 0.5) is 14.5 Å². The smallest absolute Gasteiger partial charge is 0.238 e. The summed E-state index contributed by atoms with van der Waals surface area (Å²) < 4.78 is 25.8. The minimum atomic E-state index is -0.992. The van der Waals surface area contributed by atoms with Crippen LogP contribution in [0.3, 0.4) is 0 Å². The van der Waals surface area contributed by atoms with Crippen molar-refractivity contribution >= 4 is 11.6 Å². The van der Waals surface area contributed by atoms with Crippen molar-refractivity contribution in [2.24, 2.45) is 0 Å². The van der Waals surface area contributed by atoms with Gasteiger partial charge in [0.15, 0.2) is 11.6 Å². The van der Waals surface area contributed by atoms with Crippen LogP contribution < -0.4 is 5.32 Å². The van der Waals surface area contributed by atoms with E-state index in [9.17, 15) is 18.7 Å². The molecule has 0 aromatic heterocycles. The molecule has 20 heavy (non-hydrogen) atoms. The summed E-state index contributed by atoms with van der Waals surface area (Å²) in [5.41, 5.74) is 0.228. The molecule has 1 atom stereocenters. The number of nitrogens with zero attached hydrogens (tertiary/aromatic N) is 1. The van der Waals surface area contributed by atoms with Crippen LogP contribution in [-0.4, -0.2) is 41.7 Å². The molecule has 2 N–H and O–H groups in total. The molecule has 1 amide bonds. The Labute approximate surface area is 116 Å². The summed E-state index contributed by atoms with van der Waals surface area (Å²) in [4.78, 5) is 13.8. The lowest BCUT2D eigenvalue weighted by molar-refractivity contribution is -0.118. The lowest BCUT2D eigenvalue weighted by atomic mass is 10.0. The van der Waals surface area contributed by atoms with Crippen LogP contribution in [0.15, 0.2) is 18.2 Å². The van der Waals surface area contributed by atoms with Crippen LogP contribution in [0.5, 0.6) is 0 Å². The summed E-state index contributed by atoms with van der Waals surface area (Å²) in [7, 11) is 0. The Bertz CT molecular complexity index is 482. The highest BCUT2D eigenvalue weighted by Gasteiger charge is 2.23. The molecule has 0 unspecified atom stereocenters. The Kier molecular flexibility index (Phi) is 5.03. The highest BCUT2D eigenvalue weighted by atomic mass is 19.2. The number of nitrogens with one attached hydrogen (secondary N) is 1. The molecule has 0 aliphatic carbocycles. The van der Waals surface area contributed by atoms with E-state index in [2.05, 4.69) is 5.32 Å². The van der Waals surface area contributed by atoms with E-state index in [0.29, 0.717) is 0 Å². The molecule has 0 spiro atoms. The SMILES string of the molecule is O=C(CN1CCCC[C@@H]1CO)Nc1ccc(F)c(F)c1. The number of aliphatic hydroxyl groups is 1. The topological polar surface area (TPSA) is 52.6 Å². The van der Waals surface area contributed by atoms with Crippen molar-refractivity contribution in [1.82, 2.24) is 4.90 Å². The number of piperidine rings is 1. The van der Waals surface area contributed by atoms with Crippen molar-refractivity contribution in [3.63, 3.8) is 0 Å². The first kappa shape index (κ1) is 14.9. The van der Waals surface area contributed by atoms with E-state index in [1.165, 1.54) is 6.07 Å². The number of halogens is 2. The monoisotopic (exact) mass is 284 g/mol. The zero-order valence-electron chi connectivity index (χ0n) is 11.1. The maximum Gasteiger partial charge on any atom is 0.238 e. The van der Waals surface area contributed by atoms with Gasteiger partial charge in [-0.25, -0.2) is 8.78 Å². The van der Waals surface area contributed by atoms with Gasteiger partial charge in [0, 0.05) is 17.8 Å². The molecule has 0 saturated carbocycles. The van der Waals surface area contributed by atoms with Gasteiger partial charge in [-0.3, -0.25) is 9.69 Å². The highest BCUT2D eigenvalue weighted by Crippen LogP contribution is 2.17. The van der Waals surface area contributed by atoms with Crippen LogP contribution in [0.1, 0.15) is 19.3 Å². The number of aliphatic hydroxyl groups excluding tert-OH is 1. The summed E-state index contributed by atoms with van der Waals surface area (Å²) in [6.45, 7) is 0.930. The third-order valence-electron chi connectivity index (χ3n) is 3.51. The Morgan fingerprint density at radius 2 is 2.15 bits per heavy atom. The first-order valence-corrected chi connectivity index (χ1v) is 6.70. The Morgan fingerprint density at radius 1 is 1.35 bits per heavy atom. The van der Waals surface area contributed by atoms with E-state index in [0.717, 1.165) is 37.9 Å². The first-order valence-electron chi connectivity index (χ1n) is 6.70. The molecular formula is C14H18F2N2O2. The molecule has 4 nitrogen and oxygen atoms in total. The molecule has 2 rings (SSSR count). The van der Waals surface area contributed by atoms with Gasteiger partial charge in [0.25, 0.3) is 0 Å². The fourth-order valence-corrected chi connectivity index (χ4v) is 2.43. The van der Waals surface area contributed by atoms with E-state index in [4.69, 9.17) is 0 Å². The second-order valence-corrected chi connectivity index (χ2v) is 4.98. The molecule has 1 fully saturated rings. The molecule has 1 saturated heterocycles. The predicted octanol–water partition coefficient (Wildman–Crippen LogP) is 1.75. The minimum absolute atomic E-state index is 0.000506. The van der Waals surface area contributed by atoms with Gasteiger partial charge in [-0.05, 0) is 31.5 Å². The molecule has 1 aromatic rings. The number of amides is 1. The van der Waals surface area contributed by atoms with Gasteiger partial charge < -0.3 is 10.4 Å². The van der Waals surface area contributed by atoms with Crippen molar-refractivity contribution in [3.8, 4) is 0 Å². The van der Waals surface area contributed by atoms with Crippen LogP contribution in [0, 0.1) is 11.6 Å². The fourth-order valence-electron chi connectivity index (χ4n) is 2.43. The number of rotatable bonds is 4. The summed E-state index contributed by atoms with van der Waals surface area (Å²) >= 11 is 0. The molecule has 110 valence electrons. The fraction of sp³-hybridized carbons (Fsp3) is 0.500. The number of hydrogen-bond donors (Lipinski definition) is 2. The highest BCUT2D eigenvalue weighted by molar-refractivity contribution is 5.92. The number of hydrogen-bond acceptors (Lipinski definition) is 3. The van der Waals surface area contributed by atoms with Crippen molar-refractivity contribution < 1.29 is 18.7 Å². The normalized spacial score (nSPS) is 19.9. The third-order valence-corrected chi connectivity index (χ3v) is 3.51. The molecule has 1 aromatic carbocycles. The third kappa shape index (κ3) is 3.74. The van der Waals surface area contributed by atoms with Gasteiger partial charge in [0.2, 0.25) is 5.91 Å². The predicted molar refractivity (Wildman–Crippen MR) is 71.3 cm³/mol. The molecule has 1 aliphatic rings. The second kappa shape index (κ2) is 6.76. The van der Waals surface area contributed by atoms with E-state index in [1.54, 1.807) is 0 Å². The van der Waals surface area contributed by atoms with E-state index in [1.807, 2.05) is 4.90 Å². The summed E-state index contributed by atoms with van der Waals surface area (Å²) in [5.74, 6) is -2.23. The van der Waals surface area contributed by atoms with Gasteiger partial charge in [-0.15, -0.1) is 0 Å². The van der Waals surface area contributed by atoms with E-state index >= 15 is 0 Å². The maximum atomic E-state index is 13.0. The second-order valence-electron chi connectivity index (χ2n) is 4.98. The van der Waals surface area contributed by atoms with Gasteiger partial charge in [0.1, 0.15) is 0 Å². The molecule has 1 heterocycles. The zero-order chi connectivity index (χ0) is 14.5. The lowest BCUT2D eigenvalue weighted by Gasteiger charge is -2.33. The van der Waals surface area contributed by atoms with E-state index < -0.39 is 11.6 Å². The van der Waals surface area contributed by atoms with Crippen LogP contribution in [0.25, 0.3) is 0 Å². The summed E-state index contributed by atoms with van der Waals surface area (Å²) in [5, 5.41) is 11.8. The minimum Gasteiger partial charge on any atom is -0.395 e. The molecule has 1 aliphatic heterocycles. The van der Waals surface area contributed by atoms with Gasteiger partial charge in [0.05, 0.1) is 13.2 Å². The Balaban J connectivity index is 1.92. The maximum absolute atomic E-state index is 13.0. The zero-order valence-corrected chi connectivity index (χ0v) is 11.1. The average molecular weight is 284 g/mol. The van der Waals surface area contributed by atoms with Crippen LogP contribution in [0.2, 0.25) is 0 Å². The molecule has 0 bridgehead atoms. The van der Waals surface area contributed by atoms with Crippen LogP contribution in [-0.2, 0) is 4.79 Å². The summed E-state index contributed by atoms with van der Waals surface area (Å²) in [6, 6.07) is 3.24. The number of carbonyl (C=O) groups excluding carboxylic acids is 1. The van der Waals surface area contributed by atoms with Crippen molar-refractivity contribution in [2.75, 3.05) is 25.0 Å². The number of carbonyl (C=O) groups is 1. The Morgan fingerprint density at radius 3 is 2.85 bits per heavy atom. The number of likely N-dealkylation sites (tertiary alicyclic amines) is 1.